The quantitative estimate of drug-likeness (QED) is 0.530. The van der Waals surface area contributed by atoms with Gasteiger partial charge >= 0.3 is 0 Å². The summed E-state index contributed by atoms with van der Waals surface area (Å²) in [6.07, 6.45) is 0.554. The van der Waals surface area contributed by atoms with E-state index in [1.54, 1.807) is 7.11 Å². The molecule has 0 aliphatic heterocycles. The number of nitrogens with one attached hydrogen (secondary N) is 1. The molecule has 0 atom stereocenters. The number of ether oxygens (including phenoxy) is 2. The van der Waals surface area contributed by atoms with Crippen LogP contribution in [0.2, 0.25) is 0 Å². The first kappa shape index (κ1) is 11.4. The van der Waals surface area contributed by atoms with Gasteiger partial charge in [-0.2, -0.15) is 5.26 Å². The normalized spacial score (nSPS) is 9.67. The summed E-state index contributed by atoms with van der Waals surface area (Å²) in [5, 5.41) is 11.3. The molecule has 0 radical (unpaired) electrons. The van der Waals surface area contributed by atoms with E-state index in [1.165, 1.54) is 0 Å². The second kappa shape index (κ2) is 10.4. The summed E-state index contributed by atoms with van der Waals surface area (Å²) in [5.41, 5.74) is 0. The number of methoxy groups -OCH3 is 1. The molecule has 0 unspecified atom stereocenters. The molecule has 12 heavy (non-hydrogen) atoms. The van der Waals surface area contributed by atoms with Crippen molar-refractivity contribution in [2.24, 2.45) is 0 Å². The molecule has 0 heterocycles. The zero-order valence-corrected chi connectivity index (χ0v) is 7.51. The molecule has 0 aliphatic rings. The van der Waals surface area contributed by atoms with Crippen molar-refractivity contribution in [2.45, 2.75) is 6.42 Å². The number of rotatable bonds is 8. The first-order valence-corrected chi connectivity index (χ1v) is 4.06. The van der Waals surface area contributed by atoms with E-state index in [2.05, 4.69) is 11.4 Å². The van der Waals surface area contributed by atoms with E-state index in [9.17, 15) is 0 Å². The van der Waals surface area contributed by atoms with Crippen LogP contribution < -0.4 is 5.32 Å². The Morgan fingerprint density at radius 2 is 2.08 bits per heavy atom. The summed E-state index contributed by atoms with van der Waals surface area (Å²) in [6.45, 7) is 3.49. The molecular weight excluding hydrogens is 156 g/mol. The molecule has 0 aromatic carbocycles. The van der Waals surface area contributed by atoms with Crippen LogP contribution in [-0.4, -0.2) is 40.0 Å². The molecule has 0 bridgehead atoms. The average molecular weight is 172 g/mol. The van der Waals surface area contributed by atoms with E-state index in [1.807, 2.05) is 0 Å². The molecule has 0 saturated carbocycles. The second-order valence-corrected chi connectivity index (χ2v) is 2.26. The first-order chi connectivity index (χ1) is 5.91. The van der Waals surface area contributed by atoms with E-state index in [0.717, 1.165) is 13.1 Å². The van der Waals surface area contributed by atoms with Gasteiger partial charge in [-0.1, -0.05) is 0 Å². The standard InChI is InChI=1S/C8H16N2O2/c1-11-7-8-12-6-5-10-4-2-3-9/h10H,2,4-8H2,1H3. The van der Waals surface area contributed by atoms with Gasteiger partial charge in [-0.25, -0.2) is 0 Å². The van der Waals surface area contributed by atoms with Crippen molar-refractivity contribution < 1.29 is 9.47 Å². The highest BCUT2D eigenvalue weighted by molar-refractivity contribution is 4.69. The van der Waals surface area contributed by atoms with Gasteiger partial charge in [-0.15, -0.1) is 0 Å². The minimum atomic E-state index is 0.554. The topological polar surface area (TPSA) is 54.3 Å². The van der Waals surface area contributed by atoms with E-state index in [4.69, 9.17) is 14.7 Å². The van der Waals surface area contributed by atoms with Crippen LogP contribution in [-0.2, 0) is 9.47 Å². The summed E-state index contributed by atoms with van der Waals surface area (Å²) in [4.78, 5) is 0. The van der Waals surface area contributed by atoms with Crippen LogP contribution in [0.5, 0.6) is 0 Å². The van der Waals surface area contributed by atoms with Crippen molar-refractivity contribution in [3.8, 4) is 6.07 Å². The van der Waals surface area contributed by atoms with Gasteiger partial charge in [0.15, 0.2) is 0 Å². The minimum absolute atomic E-state index is 0.554. The van der Waals surface area contributed by atoms with Gasteiger partial charge in [0.05, 0.1) is 25.9 Å². The zero-order valence-electron chi connectivity index (χ0n) is 7.51. The molecule has 4 heteroatoms. The maximum atomic E-state index is 8.20. The van der Waals surface area contributed by atoms with Crippen molar-refractivity contribution in [3.05, 3.63) is 0 Å². The van der Waals surface area contributed by atoms with E-state index in [0.29, 0.717) is 26.2 Å². The van der Waals surface area contributed by atoms with Crippen molar-refractivity contribution >= 4 is 0 Å². The van der Waals surface area contributed by atoms with Gasteiger partial charge in [-0.3, -0.25) is 0 Å². The molecular formula is C8H16N2O2. The molecule has 70 valence electrons. The fourth-order valence-corrected chi connectivity index (χ4v) is 0.658. The summed E-state index contributed by atoms with van der Waals surface area (Å²) < 4.78 is 9.98. The third-order valence-corrected chi connectivity index (χ3v) is 1.27. The Balaban J connectivity index is 2.78. The number of hydrogen-bond acceptors (Lipinski definition) is 4. The predicted octanol–water partition coefficient (Wildman–Crippen LogP) is 0.153. The minimum Gasteiger partial charge on any atom is -0.382 e. The molecule has 1 N–H and O–H groups in total. The summed E-state index contributed by atoms with van der Waals surface area (Å²) in [7, 11) is 1.65. The number of nitriles is 1. The highest BCUT2D eigenvalue weighted by Gasteiger charge is 1.87. The fraction of sp³-hybridized carbons (Fsp3) is 0.875. The highest BCUT2D eigenvalue weighted by Crippen LogP contribution is 1.75. The first-order valence-electron chi connectivity index (χ1n) is 4.06. The van der Waals surface area contributed by atoms with Gasteiger partial charge in [0.1, 0.15) is 0 Å². The van der Waals surface area contributed by atoms with Gasteiger partial charge in [0.2, 0.25) is 0 Å². The smallest absolute Gasteiger partial charge is 0.0700 e. The van der Waals surface area contributed by atoms with Crippen LogP contribution in [0, 0.1) is 11.3 Å². The second-order valence-electron chi connectivity index (χ2n) is 2.26. The fourth-order valence-electron chi connectivity index (χ4n) is 0.658. The molecule has 0 spiro atoms. The Labute approximate surface area is 73.5 Å². The van der Waals surface area contributed by atoms with Crippen LogP contribution in [0.15, 0.2) is 0 Å². The molecule has 0 aromatic heterocycles. The Morgan fingerprint density at radius 1 is 1.25 bits per heavy atom. The summed E-state index contributed by atoms with van der Waals surface area (Å²) >= 11 is 0. The predicted molar refractivity (Wildman–Crippen MR) is 45.8 cm³/mol. The van der Waals surface area contributed by atoms with Crippen molar-refractivity contribution in [1.29, 1.82) is 5.26 Å². The molecule has 0 fully saturated rings. The Bertz CT molecular complexity index is 123. The highest BCUT2D eigenvalue weighted by atomic mass is 16.5. The number of nitrogens with zero attached hydrogens (tertiary/aromatic N) is 1. The van der Waals surface area contributed by atoms with E-state index < -0.39 is 0 Å². The molecule has 0 aromatic rings. The Morgan fingerprint density at radius 3 is 2.75 bits per heavy atom. The van der Waals surface area contributed by atoms with Gasteiger partial charge < -0.3 is 14.8 Å². The van der Waals surface area contributed by atoms with Gasteiger partial charge in [-0.05, 0) is 0 Å². The molecule has 0 aliphatic carbocycles. The SMILES string of the molecule is COCCOCCNCCC#N. The number of hydrogen-bond donors (Lipinski definition) is 1. The maximum Gasteiger partial charge on any atom is 0.0700 e. The lowest BCUT2D eigenvalue weighted by molar-refractivity contribution is 0.0721. The van der Waals surface area contributed by atoms with E-state index in [-0.39, 0.29) is 0 Å². The van der Waals surface area contributed by atoms with Crippen molar-refractivity contribution in [3.63, 3.8) is 0 Å². The lowest BCUT2D eigenvalue weighted by atomic mass is 10.4. The summed E-state index contributed by atoms with van der Waals surface area (Å²) in [5.74, 6) is 0. The van der Waals surface area contributed by atoms with Gasteiger partial charge in [0, 0.05) is 26.6 Å². The Hall–Kier alpha value is -0.630. The zero-order chi connectivity index (χ0) is 9.07. The van der Waals surface area contributed by atoms with Crippen LogP contribution in [0.3, 0.4) is 0 Å². The largest absolute Gasteiger partial charge is 0.382 e. The van der Waals surface area contributed by atoms with Crippen LogP contribution in [0.4, 0.5) is 0 Å². The van der Waals surface area contributed by atoms with Crippen LogP contribution in [0.1, 0.15) is 6.42 Å². The maximum absolute atomic E-state index is 8.20. The lowest BCUT2D eigenvalue weighted by Gasteiger charge is -2.03. The van der Waals surface area contributed by atoms with Crippen molar-refractivity contribution in [2.75, 3.05) is 40.0 Å². The molecule has 0 rings (SSSR count). The molecule has 0 saturated heterocycles. The third-order valence-electron chi connectivity index (χ3n) is 1.27. The van der Waals surface area contributed by atoms with E-state index >= 15 is 0 Å². The van der Waals surface area contributed by atoms with Crippen LogP contribution >= 0.6 is 0 Å². The van der Waals surface area contributed by atoms with Crippen LogP contribution in [0.25, 0.3) is 0 Å². The third kappa shape index (κ3) is 9.37. The van der Waals surface area contributed by atoms with Crippen molar-refractivity contribution in [1.82, 2.24) is 5.32 Å². The van der Waals surface area contributed by atoms with Gasteiger partial charge in [0.25, 0.3) is 0 Å². The summed E-state index contributed by atoms with van der Waals surface area (Å²) in [6, 6.07) is 2.06. The molecule has 4 nitrogen and oxygen atoms in total. The Kier molecular flexibility index (Phi) is 9.83. The lowest BCUT2D eigenvalue weighted by Crippen LogP contribution is -2.21. The monoisotopic (exact) mass is 172 g/mol. The molecule has 0 amide bonds. The average Bonchev–Trinajstić information content (AvgIpc) is 2.10.